The molecule has 1 heterocycles. The van der Waals surface area contributed by atoms with Gasteiger partial charge in [0.15, 0.2) is 9.84 Å². The van der Waals surface area contributed by atoms with Crippen molar-refractivity contribution < 1.29 is 18.0 Å². The second-order valence-corrected chi connectivity index (χ2v) is 9.03. The van der Waals surface area contributed by atoms with E-state index in [0.29, 0.717) is 12.8 Å². The van der Waals surface area contributed by atoms with Crippen LogP contribution < -0.4 is 10.6 Å². The quantitative estimate of drug-likeness (QED) is 0.758. The van der Waals surface area contributed by atoms with Crippen molar-refractivity contribution in [3.63, 3.8) is 0 Å². The number of amides is 2. The third-order valence-electron chi connectivity index (χ3n) is 3.54. The Morgan fingerprint density at radius 3 is 2.20 bits per heavy atom. The van der Waals surface area contributed by atoms with Crippen molar-refractivity contribution in [2.45, 2.75) is 45.2 Å². The van der Waals surface area contributed by atoms with E-state index in [0.717, 1.165) is 0 Å². The molecule has 0 radical (unpaired) electrons. The van der Waals surface area contributed by atoms with Gasteiger partial charge < -0.3 is 10.6 Å². The van der Waals surface area contributed by atoms with Crippen molar-refractivity contribution in [2.24, 2.45) is 11.8 Å². The number of hydrogen-bond acceptors (Lipinski definition) is 4. The molecule has 0 aromatic carbocycles. The number of carbonyl (C=O) groups is 2. The van der Waals surface area contributed by atoms with E-state index in [4.69, 9.17) is 0 Å². The molecule has 2 aliphatic rings. The Morgan fingerprint density at radius 1 is 1.10 bits per heavy atom. The highest BCUT2D eigenvalue weighted by atomic mass is 32.2. The number of nitrogens with one attached hydrogen (secondary N) is 2. The first-order chi connectivity index (χ1) is 9.07. The van der Waals surface area contributed by atoms with Crippen molar-refractivity contribution in [3.8, 4) is 0 Å². The van der Waals surface area contributed by atoms with Gasteiger partial charge in [0.1, 0.15) is 0 Å². The van der Waals surface area contributed by atoms with Gasteiger partial charge in [-0.2, -0.15) is 0 Å². The zero-order chi connectivity index (χ0) is 15.1. The van der Waals surface area contributed by atoms with Crippen molar-refractivity contribution in [2.75, 3.05) is 11.5 Å². The number of rotatable bonds is 3. The first kappa shape index (κ1) is 15.3. The van der Waals surface area contributed by atoms with Crippen LogP contribution in [0.25, 0.3) is 0 Å². The molecule has 1 saturated carbocycles. The topological polar surface area (TPSA) is 92.3 Å². The summed E-state index contributed by atoms with van der Waals surface area (Å²) in [4.78, 5) is 23.9. The fraction of sp³-hybridized carbons (Fsp3) is 0.846. The van der Waals surface area contributed by atoms with Crippen LogP contribution in [0.5, 0.6) is 0 Å². The largest absolute Gasteiger partial charge is 0.352 e. The number of sulfone groups is 1. The third-order valence-corrected chi connectivity index (χ3v) is 5.31. The van der Waals surface area contributed by atoms with E-state index < -0.39 is 9.84 Å². The molecule has 2 fully saturated rings. The fourth-order valence-corrected chi connectivity index (χ4v) is 4.13. The summed E-state index contributed by atoms with van der Waals surface area (Å²) in [5, 5.41) is 5.60. The molecular formula is C13H22N2O4S. The standard InChI is InChI=1S/C13H22N2O4S/c1-13(2,3)15-12(17)10-6-9(10)11(16)14-8-4-5-20(18,19)7-8/h8-10H,4-7H2,1-3H3,(H,14,16)(H,15,17). The molecule has 0 aromatic rings. The molecule has 7 heteroatoms. The summed E-state index contributed by atoms with van der Waals surface area (Å²) in [5.74, 6) is -0.716. The van der Waals surface area contributed by atoms with Gasteiger partial charge in [-0.25, -0.2) is 8.42 Å². The van der Waals surface area contributed by atoms with Crippen molar-refractivity contribution in [1.29, 1.82) is 0 Å². The summed E-state index contributed by atoms with van der Waals surface area (Å²) >= 11 is 0. The molecule has 1 saturated heterocycles. The molecule has 0 bridgehead atoms. The van der Waals surface area contributed by atoms with Crippen LogP contribution in [0.1, 0.15) is 33.6 Å². The second-order valence-electron chi connectivity index (χ2n) is 6.80. The zero-order valence-electron chi connectivity index (χ0n) is 12.1. The molecule has 1 aliphatic carbocycles. The molecule has 2 N–H and O–H groups in total. The normalized spacial score (nSPS) is 31.6. The molecule has 20 heavy (non-hydrogen) atoms. The maximum Gasteiger partial charge on any atom is 0.224 e. The molecule has 1 aliphatic heterocycles. The first-order valence-corrected chi connectivity index (χ1v) is 8.72. The van der Waals surface area contributed by atoms with Gasteiger partial charge in [0.05, 0.1) is 23.3 Å². The van der Waals surface area contributed by atoms with Crippen LogP contribution in [0.4, 0.5) is 0 Å². The van der Waals surface area contributed by atoms with E-state index in [-0.39, 0.29) is 46.7 Å². The van der Waals surface area contributed by atoms with Crippen LogP contribution >= 0.6 is 0 Å². The molecule has 0 aromatic heterocycles. The van der Waals surface area contributed by atoms with E-state index in [1.807, 2.05) is 20.8 Å². The monoisotopic (exact) mass is 302 g/mol. The summed E-state index contributed by atoms with van der Waals surface area (Å²) < 4.78 is 22.6. The fourth-order valence-electron chi connectivity index (χ4n) is 2.45. The van der Waals surface area contributed by atoms with E-state index in [9.17, 15) is 18.0 Å². The molecule has 2 rings (SSSR count). The Bertz CT molecular complexity index is 521. The molecule has 6 nitrogen and oxygen atoms in total. The van der Waals surface area contributed by atoms with Gasteiger partial charge in [-0.15, -0.1) is 0 Å². The average Bonchev–Trinajstić information content (AvgIpc) is 2.97. The molecular weight excluding hydrogens is 280 g/mol. The summed E-state index contributed by atoms with van der Waals surface area (Å²) in [5.41, 5.74) is -0.305. The summed E-state index contributed by atoms with van der Waals surface area (Å²) in [6.07, 6.45) is 1.02. The number of carbonyl (C=O) groups excluding carboxylic acids is 2. The maximum atomic E-state index is 12.0. The lowest BCUT2D eigenvalue weighted by atomic mass is 10.1. The minimum Gasteiger partial charge on any atom is -0.352 e. The van der Waals surface area contributed by atoms with Gasteiger partial charge in [0.2, 0.25) is 11.8 Å². The van der Waals surface area contributed by atoms with Crippen LogP contribution in [-0.4, -0.2) is 43.3 Å². The Hall–Kier alpha value is -1.11. The van der Waals surface area contributed by atoms with Crippen LogP contribution in [0.2, 0.25) is 0 Å². The van der Waals surface area contributed by atoms with Crippen LogP contribution in [0.3, 0.4) is 0 Å². The lowest BCUT2D eigenvalue weighted by Crippen LogP contribution is -2.43. The van der Waals surface area contributed by atoms with Crippen LogP contribution in [-0.2, 0) is 19.4 Å². The number of hydrogen-bond donors (Lipinski definition) is 2. The maximum absolute atomic E-state index is 12.0. The average molecular weight is 302 g/mol. The zero-order valence-corrected chi connectivity index (χ0v) is 12.9. The van der Waals surface area contributed by atoms with Gasteiger partial charge >= 0.3 is 0 Å². The van der Waals surface area contributed by atoms with Crippen LogP contribution in [0, 0.1) is 11.8 Å². The summed E-state index contributed by atoms with van der Waals surface area (Å²) in [6, 6.07) is -0.292. The Morgan fingerprint density at radius 2 is 1.70 bits per heavy atom. The first-order valence-electron chi connectivity index (χ1n) is 6.90. The molecule has 3 unspecified atom stereocenters. The highest BCUT2D eigenvalue weighted by Gasteiger charge is 2.49. The Kier molecular flexibility index (Phi) is 3.83. The highest BCUT2D eigenvalue weighted by molar-refractivity contribution is 7.91. The lowest BCUT2D eigenvalue weighted by molar-refractivity contribution is -0.128. The van der Waals surface area contributed by atoms with Gasteiger partial charge in [-0.1, -0.05) is 0 Å². The Labute approximate surface area is 119 Å². The summed E-state index contributed by atoms with van der Waals surface area (Å²) in [7, 11) is -2.99. The predicted molar refractivity (Wildman–Crippen MR) is 74.7 cm³/mol. The van der Waals surface area contributed by atoms with Gasteiger partial charge in [-0.3, -0.25) is 9.59 Å². The predicted octanol–water partition coefficient (Wildman–Crippen LogP) is -0.159. The Balaban J connectivity index is 1.80. The van der Waals surface area contributed by atoms with Crippen LogP contribution in [0.15, 0.2) is 0 Å². The van der Waals surface area contributed by atoms with E-state index in [2.05, 4.69) is 10.6 Å². The van der Waals surface area contributed by atoms with Crippen molar-refractivity contribution >= 4 is 21.7 Å². The van der Waals surface area contributed by atoms with E-state index in [1.54, 1.807) is 0 Å². The highest BCUT2D eigenvalue weighted by Crippen LogP contribution is 2.39. The van der Waals surface area contributed by atoms with Crippen molar-refractivity contribution in [1.82, 2.24) is 10.6 Å². The second kappa shape index (κ2) is 5.02. The smallest absolute Gasteiger partial charge is 0.224 e. The van der Waals surface area contributed by atoms with Gasteiger partial charge in [0.25, 0.3) is 0 Å². The summed E-state index contributed by atoms with van der Waals surface area (Å²) in [6.45, 7) is 5.68. The minimum absolute atomic E-state index is 0.0182. The van der Waals surface area contributed by atoms with Gasteiger partial charge in [0, 0.05) is 11.6 Å². The molecule has 0 spiro atoms. The third kappa shape index (κ3) is 3.94. The molecule has 3 atom stereocenters. The lowest BCUT2D eigenvalue weighted by Gasteiger charge is -2.20. The molecule has 2 amide bonds. The van der Waals surface area contributed by atoms with Crippen molar-refractivity contribution in [3.05, 3.63) is 0 Å². The van der Waals surface area contributed by atoms with E-state index in [1.165, 1.54) is 0 Å². The van der Waals surface area contributed by atoms with Gasteiger partial charge in [-0.05, 0) is 33.6 Å². The van der Waals surface area contributed by atoms with E-state index >= 15 is 0 Å². The minimum atomic E-state index is -2.99. The SMILES string of the molecule is CC(C)(C)NC(=O)C1CC1C(=O)NC1CCS(=O)(=O)C1. The molecule has 114 valence electrons.